The smallest absolute Gasteiger partial charge is 0.0726 e. The first-order valence-corrected chi connectivity index (χ1v) is 9.19. The Kier molecular flexibility index (Phi) is 4.80. The molecule has 0 spiro atoms. The fourth-order valence-electron chi connectivity index (χ4n) is 3.95. The number of aryl methyl sites for hydroxylation is 4. The van der Waals surface area contributed by atoms with Gasteiger partial charge in [-0.05, 0) is 82.0 Å². The normalized spacial score (nSPS) is 11.1. The second-order valence-corrected chi connectivity index (χ2v) is 6.96. The summed E-state index contributed by atoms with van der Waals surface area (Å²) >= 11 is 0. The lowest BCUT2D eigenvalue weighted by Crippen LogP contribution is -2.22. The average molecular weight is 332 g/mol. The lowest BCUT2D eigenvalue weighted by atomic mass is 9.93. The summed E-state index contributed by atoms with van der Waals surface area (Å²) in [5.41, 5.74) is 10.1. The number of anilines is 1. The second kappa shape index (κ2) is 6.87. The molecule has 1 aromatic heterocycles. The molecule has 0 unspecified atom stereocenters. The van der Waals surface area contributed by atoms with Crippen LogP contribution in [0.3, 0.4) is 0 Å². The van der Waals surface area contributed by atoms with Gasteiger partial charge in [0.15, 0.2) is 0 Å². The zero-order chi connectivity index (χ0) is 18.1. The van der Waals surface area contributed by atoms with Crippen LogP contribution in [0.5, 0.6) is 0 Å². The molecular formula is C23H28N2. The fourth-order valence-corrected chi connectivity index (χ4v) is 3.95. The van der Waals surface area contributed by atoms with Crippen LogP contribution in [0.1, 0.15) is 36.2 Å². The van der Waals surface area contributed by atoms with E-state index in [0.29, 0.717) is 0 Å². The van der Waals surface area contributed by atoms with Crippen LogP contribution in [0.2, 0.25) is 0 Å². The van der Waals surface area contributed by atoms with Crippen molar-refractivity contribution >= 4 is 16.6 Å². The van der Waals surface area contributed by atoms with Crippen LogP contribution in [-0.4, -0.2) is 18.1 Å². The number of aromatic nitrogens is 1. The molecule has 3 rings (SSSR count). The summed E-state index contributed by atoms with van der Waals surface area (Å²) in [6.07, 6.45) is 0. The van der Waals surface area contributed by atoms with Gasteiger partial charge < -0.3 is 4.90 Å². The molecular weight excluding hydrogens is 304 g/mol. The summed E-state index contributed by atoms with van der Waals surface area (Å²) in [6.45, 7) is 15.1. The Morgan fingerprint density at radius 2 is 1.48 bits per heavy atom. The van der Waals surface area contributed by atoms with Crippen LogP contribution in [0.25, 0.3) is 22.0 Å². The van der Waals surface area contributed by atoms with Crippen molar-refractivity contribution in [3.05, 3.63) is 58.8 Å². The highest BCUT2D eigenvalue weighted by Crippen LogP contribution is 2.34. The molecule has 25 heavy (non-hydrogen) atoms. The Bertz CT molecular complexity index is 898. The first-order chi connectivity index (χ1) is 11.9. The van der Waals surface area contributed by atoms with Gasteiger partial charge in [0.1, 0.15) is 0 Å². The van der Waals surface area contributed by atoms with Crippen molar-refractivity contribution in [1.82, 2.24) is 4.98 Å². The maximum atomic E-state index is 4.75. The summed E-state index contributed by atoms with van der Waals surface area (Å²) < 4.78 is 0. The maximum absolute atomic E-state index is 4.75. The predicted octanol–water partition coefficient (Wildman–Crippen LogP) is 5.98. The fraction of sp³-hybridized carbons (Fsp3) is 0.348. The molecule has 0 aliphatic rings. The molecule has 0 fully saturated rings. The van der Waals surface area contributed by atoms with Crippen molar-refractivity contribution in [3.63, 3.8) is 0 Å². The van der Waals surface area contributed by atoms with Crippen molar-refractivity contribution in [1.29, 1.82) is 0 Å². The van der Waals surface area contributed by atoms with Crippen LogP contribution >= 0.6 is 0 Å². The standard InChI is InChI=1S/C23H28N2/c1-7-25(8-2)22-13-18(6)24-21-10-9-19(14-20(21)22)23-16(4)11-15(3)12-17(23)5/h9-14H,7-8H2,1-6H3. The van der Waals surface area contributed by atoms with E-state index in [1.165, 1.54) is 38.9 Å². The first-order valence-electron chi connectivity index (χ1n) is 9.19. The van der Waals surface area contributed by atoms with Gasteiger partial charge in [0.2, 0.25) is 0 Å². The van der Waals surface area contributed by atoms with E-state index in [9.17, 15) is 0 Å². The summed E-state index contributed by atoms with van der Waals surface area (Å²) in [6, 6.07) is 13.5. The van der Waals surface area contributed by atoms with Crippen LogP contribution in [-0.2, 0) is 0 Å². The summed E-state index contributed by atoms with van der Waals surface area (Å²) in [7, 11) is 0. The van der Waals surface area contributed by atoms with Crippen LogP contribution in [0.4, 0.5) is 5.69 Å². The monoisotopic (exact) mass is 332 g/mol. The zero-order valence-electron chi connectivity index (χ0n) is 16.3. The van der Waals surface area contributed by atoms with E-state index in [0.717, 1.165) is 24.3 Å². The summed E-state index contributed by atoms with van der Waals surface area (Å²) in [5.74, 6) is 0. The molecule has 130 valence electrons. The third-order valence-corrected chi connectivity index (χ3v) is 4.98. The minimum atomic E-state index is 1.00. The van der Waals surface area contributed by atoms with Gasteiger partial charge in [-0.1, -0.05) is 23.8 Å². The third-order valence-electron chi connectivity index (χ3n) is 4.98. The molecule has 3 aromatic rings. The largest absolute Gasteiger partial charge is 0.371 e. The molecule has 0 saturated heterocycles. The molecule has 2 heteroatoms. The Balaban J connectivity index is 2.27. The van der Waals surface area contributed by atoms with Gasteiger partial charge in [-0.3, -0.25) is 4.98 Å². The van der Waals surface area contributed by atoms with E-state index in [1.807, 2.05) is 0 Å². The van der Waals surface area contributed by atoms with Gasteiger partial charge in [0.05, 0.1) is 5.52 Å². The number of pyridine rings is 1. The average Bonchev–Trinajstić information content (AvgIpc) is 2.55. The lowest BCUT2D eigenvalue weighted by Gasteiger charge is -2.23. The summed E-state index contributed by atoms with van der Waals surface area (Å²) in [5, 5.41) is 1.24. The Hall–Kier alpha value is -2.35. The highest BCUT2D eigenvalue weighted by molar-refractivity contribution is 5.95. The van der Waals surface area contributed by atoms with Crippen molar-refractivity contribution in [2.75, 3.05) is 18.0 Å². The Morgan fingerprint density at radius 3 is 2.08 bits per heavy atom. The molecule has 0 atom stereocenters. The van der Waals surface area contributed by atoms with Crippen molar-refractivity contribution in [2.45, 2.75) is 41.5 Å². The van der Waals surface area contributed by atoms with E-state index in [2.05, 4.69) is 82.8 Å². The molecule has 0 aliphatic heterocycles. The second-order valence-electron chi connectivity index (χ2n) is 6.96. The van der Waals surface area contributed by atoms with E-state index < -0.39 is 0 Å². The lowest BCUT2D eigenvalue weighted by molar-refractivity contribution is 0.868. The number of fused-ring (bicyclic) bond motifs is 1. The number of nitrogens with zero attached hydrogens (tertiary/aromatic N) is 2. The van der Waals surface area contributed by atoms with Crippen molar-refractivity contribution in [3.8, 4) is 11.1 Å². The van der Waals surface area contributed by atoms with E-state index in [1.54, 1.807) is 0 Å². The highest BCUT2D eigenvalue weighted by Gasteiger charge is 2.13. The van der Waals surface area contributed by atoms with Gasteiger partial charge in [0.25, 0.3) is 0 Å². The Labute approximate surface area is 151 Å². The molecule has 2 aromatic carbocycles. The topological polar surface area (TPSA) is 16.1 Å². The molecule has 0 radical (unpaired) electrons. The highest BCUT2D eigenvalue weighted by atomic mass is 15.1. The minimum absolute atomic E-state index is 1.00. The predicted molar refractivity (Wildman–Crippen MR) is 110 cm³/mol. The molecule has 0 amide bonds. The zero-order valence-corrected chi connectivity index (χ0v) is 16.3. The summed E-state index contributed by atoms with van der Waals surface area (Å²) in [4.78, 5) is 7.17. The van der Waals surface area contributed by atoms with E-state index in [-0.39, 0.29) is 0 Å². The SMILES string of the molecule is CCN(CC)c1cc(C)nc2ccc(-c3c(C)cc(C)cc3C)cc12. The van der Waals surface area contributed by atoms with Gasteiger partial charge in [-0.15, -0.1) is 0 Å². The maximum Gasteiger partial charge on any atom is 0.0726 e. The number of rotatable bonds is 4. The van der Waals surface area contributed by atoms with Crippen molar-refractivity contribution < 1.29 is 0 Å². The van der Waals surface area contributed by atoms with E-state index >= 15 is 0 Å². The molecule has 2 nitrogen and oxygen atoms in total. The molecule has 1 heterocycles. The van der Waals surface area contributed by atoms with Gasteiger partial charge >= 0.3 is 0 Å². The number of benzene rings is 2. The van der Waals surface area contributed by atoms with E-state index in [4.69, 9.17) is 4.98 Å². The van der Waals surface area contributed by atoms with Crippen LogP contribution in [0.15, 0.2) is 36.4 Å². The number of hydrogen-bond donors (Lipinski definition) is 0. The molecule has 0 bridgehead atoms. The number of hydrogen-bond acceptors (Lipinski definition) is 2. The Morgan fingerprint density at radius 1 is 0.840 bits per heavy atom. The van der Waals surface area contributed by atoms with Gasteiger partial charge in [-0.25, -0.2) is 0 Å². The molecule has 0 aliphatic carbocycles. The molecule has 0 N–H and O–H groups in total. The third kappa shape index (κ3) is 3.26. The quantitative estimate of drug-likeness (QED) is 0.584. The first kappa shape index (κ1) is 17.5. The van der Waals surface area contributed by atoms with Gasteiger partial charge in [0, 0.05) is 29.9 Å². The van der Waals surface area contributed by atoms with Crippen LogP contribution < -0.4 is 4.90 Å². The van der Waals surface area contributed by atoms with Crippen molar-refractivity contribution in [2.24, 2.45) is 0 Å². The molecule has 0 saturated carbocycles. The van der Waals surface area contributed by atoms with Gasteiger partial charge in [-0.2, -0.15) is 0 Å². The van der Waals surface area contributed by atoms with Crippen LogP contribution in [0, 0.1) is 27.7 Å². The minimum Gasteiger partial charge on any atom is -0.371 e.